The number of nitrogens with zero attached hydrogens (tertiary/aromatic N) is 5. The van der Waals surface area contributed by atoms with Gasteiger partial charge in [0.2, 0.25) is 22.8 Å². The first-order chi connectivity index (χ1) is 14.1. The van der Waals surface area contributed by atoms with Crippen molar-refractivity contribution in [3.05, 3.63) is 24.3 Å². The highest BCUT2D eigenvalue weighted by atomic mass is 32.1. The Morgan fingerprint density at radius 2 is 2.17 bits per heavy atom. The zero-order valence-corrected chi connectivity index (χ0v) is 16.7. The van der Waals surface area contributed by atoms with Crippen molar-refractivity contribution in [1.29, 1.82) is 5.26 Å². The summed E-state index contributed by atoms with van der Waals surface area (Å²) < 4.78 is 11.3. The van der Waals surface area contributed by atoms with E-state index in [1.54, 1.807) is 6.07 Å². The highest BCUT2D eigenvalue weighted by Gasteiger charge is 2.30. The molecular weight excluding hydrogens is 392 g/mol. The van der Waals surface area contributed by atoms with Crippen LogP contribution >= 0.6 is 11.3 Å². The van der Waals surface area contributed by atoms with E-state index in [9.17, 15) is 10.1 Å². The lowest BCUT2D eigenvalue weighted by Gasteiger charge is -2.14. The lowest BCUT2D eigenvalue weighted by atomic mass is 10.1. The van der Waals surface area contributed by atoms with E-state index in [0.717, 1.165) is 33.7 Å². The zero-order chi connectivity index (χ0) is 20.4. The Balaban J connectivity index is 1.71. The average molecular weight is 410 g/mol. The molecule has 3 heterocycles. The summed E-state index contributed by atoms with van der Waals surface area (Å²) in [5, 5.41) is 21.0. The minimum absolute atomic E-state index is 0.197. The molecule has 1 saturated heterocycles. The lowest BCUT2D eigenvalue weighted by Crippen LogP contribution is -2.33. The van der Waals surface area contributed by atoms with E-state index in [-0.39, 0.29) is 11.8 Å². The summed E-state index contributed by atoms with van der Waals surface area (Å²) in [6.07, 6.45) is 2.71. The van der Waals surface area contributed by atoms with Gasteiger partial charge in [0.05, 0.1) is 35.9 Å². The number of fused-ring (bicyclic) bond motifs is 1. The first kappa shape index (κ1) is 19.0. The van der Waals surface area contributed by atoms with Crippen molar-refractivity contribution < 1.29 is 14.3 Å². The Kier molecular flexibility index (Phi) is 5.24. The molecular formula is C19H18N6O3S. The molecule has 0 radical (unpaired) electrons. The van der Waals surface area contributed by atoms with Gasteiger partial charge in [-0.25, -0.2) is 4.98 Å². The SMILES string of the molecule is COc1cc(-c2ccc3nc(N(C#N)C(=O)[C@H]4CCNC4)sc3c2)c(OC)nn1. The van der Waals surface area contributed by atoms with Gasteiger partial charge in [0.1, 0.15) is 0 Å². The van der Waals surface area contributed by atoms with Crippen molar-refractivity contribution in [2.75, 3.05) is 32.2 Å². The number of nitrogens with one attached hydrogen (secondary N) is 1. The Morgan fingerprint density at radius 1 is 1.31 bits per heavy atom. The number of hydrogen-bond donors (Lipinski definition) is 1. The van der Waals surface area contributed by atoms with Gasteiger partial charge >= 0.3 is 0 Å². The second-order valence-electron chi connectivity index (χ2n) is 6.45. The standard InChI is InChI=1S/C19H18N6O3S/c1-27-16-8-13(17(28-2)24-23-16)11-3-4-14-15(7-11)29-19(22-14)25(10-20)18(26)12-5-6-21-9-12/h3-4,7-8,12,21H,5-6,9H2,1-2H3/t12-/m0/s1. The van der Waals surface area contributed by atoms with Crippen LogP contribution in [0.15, 0.2) is 24.3 Å². The van der Waals surface area contributed by atoms with Crippen molar-refractivity contribution in [1.82, 2.24) is 20.5 Å². The number of carbonyl (C=O) groups excluding carboxylic acids is 1. The maximum atomic E-state index is 12.7. The first-order valence-corrected chi connectivity index (χ1v) is 9.77. The van der Waals surface area contributed by atoms with Crippen molar-refractivity contribution in [3.8, 4) is 29.1 Å². The number of nitriles is 1. The molecule has 0 spiro atoms. The second kappa shape index (κ2) is 7.98. The molecule has 1 N–H and O–H groups in total. The van der Waals surface area contributed by atoms with Crippen molar-refractivity contribution in [2.24, 2.45) is 5.92 Å². The van der Waals surface area contributed by atoms with E-state index in [2.05, 4.69) is 20.5 Å². The summed E-state index contributed by atoms with van der Waals surface area (Å²) in [5.41, 5.74) is 2.27. The summed E-state index contributed by atoms with van der Waals surface area (Å²) in [6, 6.07) is 7.39. The normalized spacial score (nSPS) is 15.8. The van der Waals surface area contributed by atoms with Gasteiger partial charge in [-0.2, -0.15) is 10.2 Å². The van der Waals surface area contributed by atoms with E-state index in [1.807, 2.05) is 24.4 Å². The maximum Gasteiger partial charge on any atom is 0.246 e. The van der Waals surface area contributed by atoms with Gasteiger partial charge in [0.15, 0.2) is 6.19 Å². The predicted octanol–water partition coefficient (Wildman–Crippen LogP) is 2.19. The number of amides is 1. The molecule has 0 unspecified atom stereocenters. The number of methoxy groups -OCH3 is 2. The third kappa shape index (κ3) is 3.57. The van der Waals surface area contributed by atoms with Gasteiger partial charge in [-0.3, -0.25) is 4.79 Å². The summed E-state index contributed by atoms with van der Waals surface area (Å²) >= 11 is 1.29. The highest BCUT2D eigenvalue weighted by molar-refractivity contribution is 7.22. The number of aromatic nitrogens is 3. The van der Waals surface area contributed by atoms with Gasteiger partial charge in [0, 0.05) is 12.6 Å². The van der Waals surface area contributed by atoms with Crippen LogP contribution in [0.3, 0.4) is 0 Å². The largest absolute Gasteiger partial charge is 0.480 e. The quantitative estimate of drug-likeness (QED) is 0.503. The number of benzene rings is 1. The molecule has 1 aliphatic heterocycles. The first-order valence-electron chi connectivity index (χ1n) is 8.95. The number of thiazole rings is 1. The molecule has 10 heteroatoms. The van der Waals surface area contributed by atoms with Crippen LogP contribution in [0, 0.1) is 17.4 Å². The molecule has 1 fully saturated rings. The number of hydrogen-bond acceptors (Lipinski definition) is 9. The van der Waals surface area contributed by atoms with Crippen LogP contribution in [0.1, 0.15) is 6.42 Å². The summed E-state index contributed by atoms with van der Waals surface area (Å²) in [7, 11) is 3.05. The third-order valence-corrected chi connectivity index (χ3v) is 5.75. The fraction of sp³-hybridized carbons (Fsp3) is 0.316. The Labute approximate surface area is 170 Å². The number of rotatable bonds is 5. The fourth-order valence-corrected chi connectivity index (χ4v) is 4.20. The molecule has 3 aromatic rings. The highest BCUT2D eigenvalue weighted by Crippen LogP contribution is 2.36. The van der Waals surface area contributed by atoms with Crippen LogP contribution in [0.2, 0.25) is 0 Å². The smallest absolute Gasteiger partial charge is 0.246 e. The molecule has 0 aliphatic carbocycles. The van der Waals surface area contributed by atoms with Crippen molar-refractivity contribution in [2.45, 2.75) is 6.42 Å². The van der Waals surface area contributed by atoms with Gasteiger partial charge in [0.25, 0.3) is 0 Å². The van der Waals surface area contributed by atoms with Crippen molar-refractivity contribution in [3.63, 3.8) is 0 Å². The van der Waals surface area contributed by atoms with E-state index in [1.165, 1.54) is 25.6 Å². The maximum absolute atomic E-state index is 12.7. The Morgan fingerprint density at radius 3 is 2.86 bits per heavy atom. The minimum Gasteiger partial charge on any atom is -0.480 e. The van der Waals surface area contributed by atoms with E-state index < -0.39 is 0 Å². The van der Waals surface area contributed by atoms with Crippen LogP contribution < -0.4 is 19.7 Å². The van der Waals surface area contributed by atoms with Gasteiger partial charge in [-0.1, -0.05) is 17.4 Å². The number of carbonyl (C=O) groups is 1. The minimum atomic E-state index is -0.221. The van der Waals surface area contributed by atoms with Gasteiger partial charge in [-0.05, 0) is 30.7 Å². The molecule has 29 heavy (non-hydrogen) atoms. The lowest BCUT2D eigenvalue weighted by molar-refractivity contribution is -0.121. The van der Waals surface area contributed by atoms with Crippen LogP contribution in [0.5, 0.6) is 11.8 Å². The number of ether oxygens (including phenoxy) is 2. The Bertz CT molecular complexity index is 1100. The topological polar surface area (TPSA) is 113 Å². The summed E-state index contributed by atoms with van der Waals surface area (Å²) in [6.45, 7) is 1.37. The molecule has 1 aliphatic rings. The third-order valence-electron chi connectivity index (χ3n) is 4.75. The average Bonchev–Trinajstić information content (AvgIpc) is 3.43. The molecule has 0 saturated carbocycles. The van der Waals surface area contributed by atoms with Crippen LogP contribution in [0.25, 0.3) is 21.3 Å². The predicted molar refractivity (Wildman–Crippen MR) is 108 cm³/mol. The van der Waals surface area contributed by atoms with Gasteiger partial charge < -0.3 is 14.8 Å². The fourth-order valence-electron chi connectivity index (χ4n) is 3.23. The number of anilines is 1. The molecule has 9 nitrogen and oxygen atoms in total. The Hall–Kier alpha value is -3.29. The van der Waals surface area contributed by atoms with Crippen LogP contribution in [-0.4, -0.2) is 48.4 Å². The van der Waals surface area contributed by atoms with Crippen molar-refractivity contribution >= 4 is 32.6 Å². The molecule has 1 aromatic carbocycles. The molecule has 1 amide bonds. The molecule has 0 bridgehead atoms. The van der Waals surface area contributed by atoms with E-state index >= 15 is 0 Å². The van der Waals surface area contributed by atoms with Crippen LogP contribution in [0.4, 0.5) is 5.13 Å². The molecule has 1 atom stereocenters. The zero-order valence-electron chi connectivity index (χ0n) is 15.9. The summed E-state index contributed by atoms with van der Waals surface area (Å²) in [5.74, 6) is 0.327. The summed E-state index contributed by atoms with van der Waals surface area (Å²) in [4.78, 5) is 18.3. The van der Waals surface area contributed by atoms with Crippen LogP contribution in [-0.2, 0) is 4.79 Å². The monoisotopic (exact) mass is 410 g/mol. The van der Waals surface area contributed by atoms with E-state index in [4.69, 9.17) is 9.47 Å². The molecule has 148 valence electrons. The molecule has 2 aromatic heterocycles. The van der Waals surface area contributed by atoms with Gasteiger partial charge in [-0.15, -0.1) is 10.2 Å². The van der Waals surface area contributed by atoms with E-state index in [0.29, 0.717) is 29.0 Å². The molecule has 4 rings (SSSR count). The second-order valence-corrected chi connectivity index (χ2v) is 7.46.